The maximum Gasteiger partial charge on any atom is 0.247 e. The van der Waals surface area contributed by atoms with Crippen LogP contribution in [0.15, 0.2) is 29.2 Å². The zero-order valence-corrected chi connectivity index (χ0v) is 51.8. The number of carbonyl (C=O) groups is 10. The van der Waals surface area contributed by atoms with Crippen molar-refractivity contribution in [1.82, 2.24) is 57.4 Å². The molecule has 510 valence electrons. The molecular weight excluding hydrogens is 1170 g/mol. The summed E-state index contributed by atoms with van der Waals surface area (Å²) >= 11 is 0. The highest BCUT2D eigenvalue weighted by Gasteiger charge is 2.40. The average Bonchev–Trinajstić information content (AvgIpc) is 1.70. The number of Topliss-reactive ketones (excluding diaryl/α,β-unsaturated/α-hetero) is 1. The molecule has 10 atom stereocenters. The number of aliphatic hydroxyl groups excluding tert-OH is 2. The minimum atomic E-state index is -1.83. The highest BCUT2D eigenvalue weighted by Crippen LogP contribution is 2.21. The van der Waals surface area contributed by atoms with Crippen LogP contribution in [0.5, 0.6) is 0 Å². The number of nitrogens with one attached hydrogen (secondary N) is 9. The lowest BCUT2D eigenvalue weighted by Crippen LogP contribution is -2.63. The number of guanidine groups is 1. The van der Waals surface area contributed by atoms with Gasteiger partial charge in [0.25, 0.3) is 0 Å². The van der Waals surface area contributed by atoms with Gasteiger partial charge in [0.05, 0.1) is 37.2 Å². The third-order valence-electron chi connectivity index (χ3n) is 14.8. The number of amides is 9. The van der Waals surface area contributed by atoms with Gasteiger partial charge in [-0.15, -0.1) is 0 Å². The van der Waals surface area contributed by atoms with E-state index in [1.54, 1.807) is 6.08 Å². The van der Waals surface area contributed by atoms with Crippen molar-refractivity contribution in [3.8, 4) is 0 Å². The molecule has 0 bridgehead atoms. The van der Waals surface area contributed by atoms with E-state index in [2.05, 4.69) is 57.5 Å². The third-order valence-corrected chi connectivity index (χ3v) is 14.8. The summed E-state index contributed by atoms with van der Waals surface area (Å²) in [5.74, 6) is -7.73. The zero-order valence-electron chi connectivity index (χ0n) is 51.8. The van der Waals surface area contributed by atoms with Crippen LogP contribution in [0.25, 0.3) is 0 Å². The number of hydrogen-bond donors (Lipinski definition) is 21. The van der Waals surface area contributed by atoms with E-state index in [1.165, 1.54) is 17.4 Å². The first-order valence-corrected chi connectivity index (χ1v) is 31.1. The number of aliphatic hydroxyl groups is 2. The third kappa shape index (κ3) is 29.6. The summed E-state index contributed by atoms with van der Waals surface area (Å²) < 4.78 is 0. The molecule has 34 heteroatoms. The van der Waals surface area contributed by atoms with Crippen molar-refractivity contribution in [1.29, 1.82) is 0 Å². The molecule has 0 aromatic carbocycles. The van der Waals surface area contributed by atoms with Gasteiger partial charge < -0.3 is 120 Å². The summed E-state index contributed by atoms with van der Waals surface area (Å²) in [6.45, 7) is 0.248. The molecule has 0 spiro atoms. The van der Waals surface area contributed by atoms with Gasteiger partial charge >= 0.3 is 0 Å². The Kier molecular flexibility index (Phi) is 39.4. The molecule has 0 aliphatic carbocycles. The van der Waals surface area contributed by atoms with E-state index >= 15 is 0 Å². The Balaban J connectivity index is 2.35. The van der Waals surface area contributed by atoms with Crippen LogP contribution in [0.2, 0.25) is 0 Å². The second kappa shape index (κ2) is 45.0. The highest BCUT2D eigenvalue weighted by molar-refractivity contribution is 5.99. The first kappa shape index (κ1) is 78.8. The highest BCUT2D eigenvalue weighted by atomic mass is 16.3. The van der Waals surface area contributed by atoms with E-state index in [1.807, 2.05) is 0 Å². The van der Waals surface area contributed by atoms with Crippen LogP contribution in [0.4, 0.5) is 0 Å². The molecule has 1 aromatic rings. The van der Waals surface area contributed by atoms with Crippen LogP contribution >= 0.6 is 0 Å². The Bertz CT molecular complexity index is 2430. The average molecular weight is 1280 g/mol. The number of rotatable bonds is 48. The molecule has 1 aliphatic heterocycles. The van der Waals surface area contributed by atoms with Crippen molar-refractivity contribution in [3.05, 3.63) is 29.9 Å². The molecule has 1 saturated heterocycles. The van der Waals surface area contributed by atoms with Gasteiger partial charge in [0.2, 0.25) is 53.2 Å². The second-order valence-electron chi connectivity index (χ2n) is 22.0. The minimum Gasteiger partial charge on any atom is -0.389 e. The fraction of sp³-hybridized carbons (Fsp3) is 0.714. The van der Waals surface area contributed by atoms with E-state index in [4.69, 9.17) is 57.3 Å². The van der Waals surface area contributed by atoms with Gasteiger partial charge in [-0.1, -0.05) is 12.5 Å². The number of ketones is 1. The molecule has 31 N–H and O–H groups in total. The summed E-state index contributed by atoms with van der Waals surface area (Å²) in [6, 6.07) is -10.5. The molecular formula is C56H104N22O12. The molecule has 90 heavy (non-hydrogen) atoms. The number of H-pyrrole nitrogens is 1. The van der Waals surface area contributed by atoms with Crippen molar-refractivity contribution >= 4 is 64.9 Å². The second-order valence-corrected chi connectivity index (χ2v) is 22.0. The summed E-state index contributed by atoms with van der Waals surface area (Å²) in [5, 5.41) is 42.0. The maximum atomic E-state index is 14.5. The van der Waals surface area contributed by atoms with Crippen molar-refractivity contribution in [2.75, 3.05) is 72.0 Å². The zero-order chi connectivity index (χ0) is 67.0. The molecule has 0 unspecified atom stereocenters. The monoisotopic (exact) mass is 1280 g/mol. The number of aliphatic imine (C=N–C) groups is 1. The summed E-state index contributed by atoms with van der Waals surface area (Å²) in [5.41, 5.74) is 57.4. The lowest BCUT2D eigenvalue weighted by molar-refractivity contribution is -0.142. The van der Waals surface area contributed by atoms with E-state index < -0.39 is 133 Å². The van der Waals surface area contributed by atoms with Crippen LogP contribution in [0.3, 0.4) is 0 Å². The van der Waals surface area contributed by atoms with E-state index in [0.717, 1.165) is 0 Å². The van der Waals surface area contributed by atoms with E-state index in [0.29, 0.717) is 96.1 Å². The number of aromatic amines is 1. The standard InChI is InChI=1S/C56H104N22O12/c57-20-4-1-13-36(64)49(84)76-47(44(81)30-63)54(89)77-46(43(80)29-62)53(88)70-32-45(82)72-39(16-9-24-61)55(90)78-27-11-17-41(78)52(87)75-40(28-35-31-67-33-71-35)51(86)73-37(14-2-5-21-58)42(79)19-18-34(12-10-26-69-56(65)66)48(83)74-38(15-3-6-22-59)50(85)68-25-8-7-23-60/h12,31,33,36-41,43-44,46-47,80-81H,1-11,13-30,32,57-64H2,(H,67,71)(H,68,85)(H,70,88)(H,72,82)(H,73,86)(H,74,83)(H,75,87)(H,76,84)(H,77,89)(H4,65,66,69)/b34-12-/t36-,37-,38-,39+,40-,41-,43-,44-,46-,47-/m0/s1. The molecule has 1 fully saturated rings. The molecule has 1 aliphatic rings. The Morgan fingerprint density at radius 1 is 0.633 bits per heavy atom. The maximum absolute atomic E-state index is 14.5. The van der Waals surface area contributed by atoms with Gasteiger partial charge in [-0.25, -0.2) is 4.98 Å². The molecule has 9 amide bonds. The first-order chi connectivity index (χ1) is 43.1. The van der Waals surface area contributed by atoms with Crippen LogP contribution in [-0.4, -0.2) is 223 Å². The fourth-order valence-corrected chi connectivity index (χ4v) is 9.66. The number of unbranched alkanes of at least 4 members (excludes halogenated alkanes) is 4. The van der Waals surface area contributed by atoms with Crippen LogP contribution < -0.4 is 99.9 Å². The number of hydrogen-bond acceptors (Lipinski definition) is 22. The molecule has 0 saturated carbocycles. The smallest absolute Gasteiger partial charge is 0.247 e. The van der Waals surface area contributed by atoms with Crippen molar-refractivity contribution in [2.24, 2.45) is 62.3 Å². The number of likely N-dealkylation sites (tertiary alicyclic amines) is 1. The molecule has 0 radical (unpaired) electrons. The Hall–Kier alpha value is -7.28. The Labute approximate surface area is 525 Å². The number of nitrogens with zero attached hydrogens (tertiary/aromatic N) is 3. The summed E-state index contributed by atoms with van der Waals surface area (Å²) in [4.78, 5) is 151. The fourth-order valence-electron chi connectivity index (χ4n) is 9.66. The van der Waals surface area contributed by atoms with Gasteiger partial charge in [-0.3, -0.25) is 52.9 Å². The molecule has 1 aromatic heterocycles. The SMILES string of the molecule is NCCCCNC(=O)[C@H](CCCCN)NC(=O)/C(=C\CCN=C(N)N)CCC(=O)[C@H](CCCCN)NC(=O)[C@H](Cc1cnc[nH]1)NC(=O)[C@@H]1CCCN1C(=O)[C@@H](CCCN)NC(=O)CNC(=O)[C@@H](NC(=O)[C@@H](NC(=O)[C@@H](N)CCCCN)[C@@H](O)CN)[C@@H](O)CN. The van der Waals surface area contributed by atoms with Crippen LogP contribution in [-0.2, 0) is 54.4 Å². The Morgan fingerprint density at radius 2 is 1.22 bits per heavy atom. The van der Waals surface area contributed by atoms with Crippen molar-refractivity contribution in [2.45, 2.75) is 183 Å². The molecule has 2 rings (SSSR count). The topological polar surface area (TPSA) is 612 Å². The lowest BCUT2D eigenvalue weighted by Gasteiger charge is -2.30. The predicted molar refractivity (Wildman–Crippen MR) is 336 cm³/mol. The van der Waals surface area contributed by atoms with Gasteiger partial charge in [-0.2, -0.15) is 0 Å². The van der Waals surface area contributed by atoms with E-state index in [9.17, 15) is 58.2 Å². The largest absolute Gasteiger partial charge is 0.389 e. The van der Waals surface area contributed by atoms with Crippen LogP contribution in [0.1, 0.15) is 121 Å². The lowest BCUT2D eigenvalue weighted by atomic mass is 9.97. The van der Waals surface area contributed by atoms with Gasteiger partial charge in [0.1, 0.15) is 36.3 Å². The quantitative estimate of drug-likeness (QED) is 0.0125. The first-order valence-electron chi connectivity index (χ1n) is 31.1. The number of aromatic nitrogens is 2. The van der Waals surface area contributed by atoms with Gasteiger partial charge in [0, 0.05) is 63.0 Å². The number of imidazole rings is 1. The molecule has 34 nitrogen and oxygen atoms in total. The van der Waals surface area contributed by atoms with Crippen molar-refractivity contribution < 1.29 is 58.2 Å². The van der Waals surface area contributed by atoms with Gasteiger partial charge in [0.15, 0.2) is 11.7 Å². The normalized spacial score (nSPS) is 16.1. The van der Waals surface area contributed by atoms with Crippen molar-refractivity contribution in [3.63, 3.8) is 0 Å². The van der Waals surface area contributed by atoms with Crippen LogP contribution in [0, 0.1) is 0 Å². The van der Waals surface area contributed by atoms with E-state index in [-0.39, 0.29) is 101 Å². The Morgan fingerprint density at radius 3 is 1.82 bits per heavy atom. The number of carbonyl (C=O) groups excluding carboxylic acids is 10. The summed E-state index contributed by atoms with van der Waals surface area (Å²) in [6.07, 6.45) is 6.56. The number of nitrogens with two attached hydrogens (primary N) is 10. The minimum absolute atomic E-state index is 0.00902. The van der Waals surface area contributed by atoms with Gasteiger partial charge in [-0.05, 0) is 135 Å². The molecule has 2 heterocycles. The predicted octanol–water partition coefficient (Wildman–Crippen LogP) is -8.15. The summed E-state index contributed by atoms with van der Waals surface area (Å²) in [7, 11) is 0.